The highest BCUT2D eigenvalue weighted by Crippen LogP contribution is 2.36. The van der Waals surface area contributed by atoms with Crippen molar-refractivity contribution in [2.45, 2.75) is 6.54 Å². The highest BCUT2D eigenvalue weighted by atomic mass is 16.5. The molecule has 0 bridgehead atoms. The number of aromatic nitrogens is 1. The summed E-state index contributed by atoms with van der Waals surface area (Å²) in [5, 5.41) is 0. The number of benzene rings is 1. The van der Waals surface area contributed by atoms with Gasteiger partial charge in [0.05, 0.1) is 25.6 Å². The van der Waals surface area contributed by atoms with E-state index in [1.165, 1.54) is 0 Å². The topological polar surface area (TPSA) is 60.6 Å². The first-order valence-electron chi connectivity index (χ1n) is 6.27. The molecule has 0 amide bonds. The molecule has 0 saturated heterocycles. The Morgan fingerprint density at radius 3 is 2.50 bits per heavy atom. The van der Waals surface area contributed by atoms with Crippen LogP contribution in [-0.4, -0.2) is 26.3 Å². The first kappa shape index (κ1) is 14.0. The molecule has 106 valence electrons. The van der Waals surface area contributed by atoms with E-state index >= 15 is 0 Å². The number of hydrogen-bond acceptors (Lipinski definition) is 5. The van der Waals surface area contributed by atoms with Gasteiger partial charge in [-0.3, -0.25) is 4.98 Å². The van der Waals surface area contributed by atoms with Gasteiger partial charge < -0.3 is 20.1 Å². The van der Waals surface area contributed by atoms with Crippen LogP contribution in [0.15, 0.2) is 36.7 Å². The predicted molar refractivity (Wildman–Crippen MR) is 80.3 cm³/mol. The molecule has 5 heteroatoms. The van der Waals surface area contributed by atoms with Gasteiger partial charge in [-0.05, 0) is 11.6 Å². The third-order valence-corrected chi connectivity index (χ3v) is 3.09. The van der Waals surface area contributed by atoms with Gasteiger partial charge in [-0.2, -0.15) is 0 Å². The van der Waals surface area contributed by atoms with Crippen LogP contribution in [0.1, 0.15) is 5.56 Å². The van der Waals surface area contributed by atoms with Gasteiger partial charge in [0.2, 0.25) is 0 Å². The van der Waals surface area contributed by atoms with Gasteiger partial charge in [-0.25, -0.2) is 0 Å². The Bertz CT molecular complexity index is 573. The molecule has 0 aliphatic heterocycles. The predicted octanol–water partition coefficient (Wildman–Crippen LogP) is 2.32. The second-order valence-corrected chi connectivity index (χ2v) is 4.48. The van der Waals surface area contributed by atoms with Crippen LogP contribution in [0.5, 0.6) is 11.5 Å². The van der Waals surface area contributed by atoms with Crippen molar-refractivity contribution >= 4 is 11.4 Å². The lowest BCUT2D eigenvalue weighted by molar-refractivity contribution is 0.355. The van der Waals surface area contributed by atoms with Crippen molar-refractivity contribution in [3.63, 3.8) is 0 Å². The van der Waals surface area contributed by atoms with E-state index in [1.54, 1.807) is 26.5 Å². The number of nitrogen functional groups attached to an aromatic ring is 1. The first-order chi connectivity index (χ1) is 9.65. The second-order valence-electron chi connectivity index (χ2n) is 4.48. The van der Waals surface area contributed by atoms with Crippen LogP contribution in [0.4, 0.5) is 11.4 Å². The Balaban J connectivity index is 2.27. The van der Waals surface area contributed by atoms with E-state index in [4.69, 9.17) is 15.2 Å². The maximum absolute atomic E-state index is 6.08. The zero-order valence-electron chi connectivity index (χ0n) is 12.0. The Labute approximate surface area is 118 Å². The molecular weight excluding hydrogens is 254 g/mol. The number of hydrogen-bond donors (Lipinski definition) is 1. The van der Waals surface area contributed by atoms with E-state index < -0.39 is 0 Å². The normalized spacial score (nSPS) is 10.2. The van der Waals surface area contributed by atoms with Crippen LogP contribution in [0, 0.1) is 0 Å². The van der Waals surface area contributed by atoms with Crippen molar-refractivity contribution in [1.82, 2.24) is 4.98 Å². The van der Waals surface area contributed by atoms with E-state index in [0.717, 1.165) is 11.3 Å². The highest BCUT2D eigenvalue weighted by Gasteiger charge is 2.12. The Hall–Kier alpha value is -2.43. The van der Waals surface area contributed by atoms with Gasteiger partial charge in [-0.15, -0.1) is 0 Å². The van der Waals surface area contributed by atoms with E-state index in [2.05, 4.69) is 4.98 Å². The van der Waals surface area contributed by atoms with E-state index in [9.17, 15) is 0 Å². The summed E-state index contributed by atoms with van der Waals surface area (Å²) in [6.45, 7) is 0.716. The fourth-order valence-electron chi connectivity index (χ4n) is 2.07. The average molecular weight is 273 g/mol. The minimum absolute atomic E-state index is 0.628. The van der Waals surface area contributed by atoms with Crippen LogP contribution in [0.2, 0.25) is 0 Å². The summed E-state index contributed by atoms with van der Waals surface area (Å²) in [6.07, 6.45) is 3.60. The lowest BCUT2D eigenvalue weighted by Gasteiger charge is -2.22. The number of pyridine rings is 1. The van der Waals surface area contributed by atoms with E-state index in [-0.39, 0.29) is 0 Å². The van der Waals surface area contributed by atoms with Gasteiger partial charge in [0.25, 0.3) is 0 Å². The quantitative estimate of drug-likeness (QED) is 0.847. The summed E-state index contributed by atoms with van der Waals surface area (Å²) in [5.41, 5.74) is 8.74. The fourth-order valence-corrected chi connectivity index (χ4v) is 2.07. The maximum atomic E-state index is 6.08. The SMILES string of the molecule is COc1cc(N)c(N(C)Cc2cccnc2)cc1OC. The number of anilines is 2. The molecule has 2 N–H and O–H groups in total. The van der Waals surface area contributed by atoms with E-state index in [1.807, 2.05) is 36.3 Å². The molecule has 0 atom stereocenters. The molecule has 0 spiro atoms. The molecular formula is C15H19N3O2. The van der Waals surface area contributed by atoms with Gasteiger partial charge in [0.15, 0.2) is 11.5 Å². The van der Waals surface area contributed by atoms with Crippen LogP contribution in [-0.2, 0) is 6.54 Å². The lowest BCUT2D eigenvalue weighted by atomic mass is 10.2. The Morgan fingerprint density at radius 2 is 1.90 bits per heavy atom. The van der Waals surface area contributed by atoms with Gasteiger partial charge in [0.1, 0.15) is 0 Å². The molecule has 0 fully saturated rings. The van der Waals surface area contributed by atoms with Gasteiger partial charge in [0, 0.05) is 38.1 Å². The summed E-state index contributed by atoms with van der Waals surface area (Å²) in [6, 6.07) is 7.60. The second kappa shape index (κ2) is 6.14. The third-order valence-electron chi connectivity index (χ3n) is 3.09. The Kier molecular flexibility index (Phi) is 4.30. The summed E-state index contributed by atoms with van der Waals surface area (Å²) >= 11 is 0. The largest absolute Gasteiger partial charge is 0.493 e. The molecule has 1 heterocycles. The maximum Gasteiger partial charge on any atom is 0.162 e. The third kappa shape index (κ3) is 2.93. The fraction of sp³-hybridized carbons (Fsp3) is 0.267. The summed E-state index contributed by atoms with van der Waals surface area (Å²) in [7, 11) is 5.18. The Morgan fingerprint density at radius 1 is 1.20 bits per heavy atom. The molecule has 0 aliphatic carbocycles. The molecule has 5 nitrogen and oxygen atoms in total. The van der Waals surface area contributed by atoms with Crippen LogP contribution in [0.3, 0.4) is 0 Å². The van der Waals surface area contributed by atoms with Crippen molar-refractivity contribution in [2.75, 3.05) is 31.9 Å². The van der Waals surface area contributed by atoms with Crippen molar-refractivity contribution in [3.8, 4) is 11.5 Å². The standard InChI is InChI=1S/C15H19N3O2/c1-18(10-11-5-4-6-17-9-11)13-8-15(20-3)14(19-2)7-12(13)16/h4-9H,10,16H2,1-3H3. The number of nitrogens with two attached hydrogens (primary N) is 1. The molecule has 1 aromatic heterocycles. The van der Waals surface area contributed by atoms with Gasteiger partial charge >= 0.3 is 0 Å². The molecule has 0 radical (unpaired) electrons. The van der Waals surface area contributed by atoms with Gasteiger partial charge in [-0.1, -0.05) is 6.07 Å². The lowest BCUT2D eigenvalue weighted by Crippen LogP contribution is -2.18. The molecule has 0 unspecified atom stereocenters. The van der Waals surface area contributed by atoms with Crippen LogP contribution < -0.4 is 20.1 Å². The zero-order valence-corrected chi connectivity index (χ0v) is 12.0. The molecule has 0 saturated carbocycles. The monoisotopic (exact) mass is 273 g/mol. The number of rotatable bonds is 5. The van der Waals surface area contributed by atoms with E-state index in [0.29, 0.717) is 23.7 Å². The van der Waals surface area contributed by atoms with Crippen molar-refractivity contribution in [2.24, 2.45) is 0 Å². The summed E-state index contributed by atoms with van der Waals surface area (Å²) in [4.78, 5) is 6.16. The summed E-state index contributed by atoms with van der Waals surface area (Å²) in [5.74, 6) is 1.29. The number of ether oxygens (including phenoxy) is 2. The molecule has 2 aromatic rings. The highest BCUT2D eigenvalue weighted by molar-refractivity contribution is 5.73. The number of nitrogens with zero attached hydrogens (tertiary/aromatic N) is 2. The minimum Gasteiger partial charge on any atom is -0.493 e. The first-order valence-corrected chi connectivity index (χ1v) is 6.27. The number of methoxy groups -OCH3 is 2. The zero-order chi connectivity index (χ0) is 14.5. The van der Waals surface area contributed by atoms with Crippen molar-refractivity contribution in [1.29, 1.82) is 0 Å². The van der Waals surface area contributed by atoms with Crippen molar-refractivity contribution in [3.05, 3.63) is 42.2 Å². The van der Waals surface area contributed by atoms with Crippen LogP contribution in [0.25, 0.3) is 0 Å². The van der Waals surface area contributed by atoms with Crippen LogP contribution >= 0.6 is 0 Å². The smallest absolute Gasteiger partial charge is 0.162 e. The molecule has 2 rings (SSSR count). The minimum atomic E-state index is 0.628. The molecule has 0 aliphatic rings. The summed E-state index contributed by atoms with van der Waals surface area (Å²) < 4.78 is 10.5. The van der Waals surface area contributed by atoms with Crippen molar-refractivity contribution < 1.29 is 9.47 Å². The molecule has 1 aromatic carbocycles. The molecule has 20 heavy (non-hydrogen) atoms. The average Bonchev–Trinajstić information content (AvgIpc) is 2.47.